The van der Waals surface area contributed by atoms with Crippen molar-refractivity contribution in [2.45, 2.75) is 19.0 Å². The number of rotatable bonds is 8. The van der Waals surface area contributed by atoms with Gasteiger partial charge in [-0.2, -0.15) is 5.26 Å². The van der Waals surface area contributed by atoms with E-state index in [2.05, 4.69) is 11.1 Å². The van der Waals surface area contributed by atoms with E-state index >= 15 is 0 Å². The lowest BCUT2D eigenvalue weighted by atomic mass is 9.95. The van der Waals surface area contributed by atoms with Crippen LogP contribution in [0.2, 0.25) is 0 Å². The Hall–Kier alpha value is -3.35. The lowest BCUT2D eigenvalue weighted by molar-refractivity contribution is -0.145. The molecular weight excluding hydrogens is 407 g/mol. The Balaban J connectivity index is 1.71. The number of nitrogens with zero attached hydrogens (tertiary/aromatic N) is 2. The molecule has 0 aliphatic heterocycles. The van der Waals surface area contributed by atoms with Crippen LogP contribution >= 0.6 is 8.58 Å². The predicted molar refractivity (Wildman–Crippen MR) is 122 cm³/mol. The van der Waals surface area contributed by atoms with Gasteiger partial charge in [-0.1, -0.05) is 43.3 Å². The highest BCUT2D eigenvalue weighted by Gasteiger charge is 2.28. The van der Waals surface area contributed by atoms with Gasteiger partial charge < -0.3 is 4.74 Å². The van der Waals surface area contributed by atoms with Crippen molar-refractivity contribution in [2.75, 3.05) is 7.11 Å². The van der Waals surface area contributed by atoms with Crippen LogP contribution in [0.3, 0.4) is 0 Å². The van der Waals surface area contributed by atoms with Crippen molar-refractivity contribution in [3.63, 3.8) is 0 Å². The molecule has 1 aromatic heterocycles. The molecule has 0 saturated heterocycles. The Morgan fingerprint density at radius 1 is 1.06 bits per heavy atom. The van der Waals surface area contributed by atoms with Gasteiger partial charge in [0.2, 0.25) is 0 Å². The van der Waals surface area contributed by atoms with Crippen molar-refractivity contribution >= 4 is 20.1 Å². The molecule has 0 bridgehead atoms. The molecule has 0 spiro atoms. The molecule has 0 saturated carbocycles. The lowest BCUT2D eigenvalue weighted by Crippen LogP contribution is -2.27. The number of carbonyl (C=O) groups excluding carboxylic acids is 2. The maximum atomic E-state index is 12.9. The molecule has 5 nitrogen and oxygen atoms in total. The minimum absolute atomic E-state index is 0.00783. The zero-order valence-corrected chi connectivity index (χ0v) is 18.4. The first-order valence-electron chi connectivity index (χ1n) is 9.90. The Morgan fingerprint density at radius 2 is 1.74 bits per heavy atom. The van der Waals surface area contributed by atoms with Crippen LogP contribution in [-0.4, -0.2) is 29.2 Å². The minimum atomic E-state index is -0.461. The number of methoxy groups -OCH3 is 1. The van der Waals surface area contributed by atoms with E-state index in [-0.39, 0.29) is 25.7 Å². The lowest BCUT2D eigenvalue weighted by Gasteiger charge is -2.21. The maximum Gasteiger partial charge on any atom is 0.309 e. The third kappa shape index (κ3) is 5.84. The third-order valence-corrected chi connectivity index (χ3v) is 6.55. The van der Waals surface area contributed by atoms with Crippen LogP contribution < -0.4 is 0 Å². The number of benzene rings is 2. The van der Waals surface area contributed by atoms with E-state index in [0.29, 0.717) is 17.5 Å². The predicted octanol–water partition coefficient (Wildman–Crippen LogP) is 4.86. The summed E-state index contributed by atoms with van der Waals surface area (Å²) in [6.07, 6.45) is 3.89. The van der Waals surface area contributed by atoms with Crippen molar-refractivity contribution in [1.82, 2.24) is 4.98 Å². The van der Waals surface area contributed by atoms with Gasteiger partial charge in [0.1, 0.15) is 0 Å². The number of pyridine rings is 1. The van der Waals surface area contributed by atoms with Gasteiger partial charge in [-0.25, -0.2) is 0 Å². The second-order valence-corrected chi connectivity index (χ2v) is 8.87. The molecule has 0 N–H and O–H groups in total. The summed E-state index contributed by atoms with van der Waals surface area (Å²) in [5, 5.41) is 9.11. The van der Waals surface area contributed by atoms with Crippen LogP contribution in [0, 0.1) is 17.2 Å². The van der Waals surface area contributed by atoms with Crippen molar-refractivity contribution in [3.8, 4) is 17.2 Å². The largest absolute Gasteiger partial charge is 0.469 e. The Bertz CT molecular complexity index is 1090. The summed E-state index contributed by atoms with van der Waals surface area (Å²) in [4.78, 5) is 29.3. The number of nitriles is 1. The van der Waals surface area contributed by atoms with Gasteiger partial charge in [-0.05, 0) is 61.6 Å². The molecule has 31 heavy (non-hydrogen) atoms. The molecule has 156 valence electrons. The van der Waals surface area contributed by atoms with Crippen LogP contribution in [-0.2, 0) is 16.0 Å². The van der Waals surface area contributed by atoms with Gasteiger partial charge in [0.05, 0.1) is 24.7 Å². The first-order valence-corrected chi connectivity index (χ1v) is 11.0. The fraction of sp³-hybridized carbons (Fsp3) is 0.200. The number of hydrogen-bond acceptors (Lipinski definition) is 5. The third-order valence-electron chi connectivity index (χ3n) is 5.14. The first kappa shape index (κ1) is 22.3. The molecule has 0 amide bonds. The van der Waals surface area contributed by atoms with E-state index in [1.54, 1.807) is 30.6 Å². The molecule has 3 aromatic rings. The van der Waals surface area contributed by atoms with Gasteiger partial charge in [0.15, 0.2) is 5.52 Å². The number of hydrogen-bond donors (Lipinski definition) is 0. The first-order chi connectivity index (χ1) is 15.0. The molecule has 1 heterocycles. The molecule has 3 atom stereocenters. The van der Waals surface area contributed by atoms with Gasteiger partial charge in [-0.15, -0.1) is 0 Å². The highest BCUT2D eigenvalue weighted by Crippen LogP contribution is 2.33. The van der Waals surface area contributed by atoms with Gasteiger partial charge in [0, 0.05) is 18.0 Å². The summed E-state index contributed by atoms with van der Waals surface area (Å²) < 4.78 is 5.00. The number of esters is 1. The van der Waals surface area contributed by atoms with Crippen LogP contribution in [0.5, 0.6) is 0 Å². The Morgan fingerprint density at radius 3 is 2.39 bits per heavy atom. The smallest absolute Gasteiger partial charge is 0.309 e. The van der Waals surface area contributed by atoms with E-state index in [1.165, 1.54) is 7.11 Å². The van der Waals surface area contributed by atoms with Crippen LogP contribution in [0.1, 0.15) is 28.4 Å². The fourth-order valence-corrected chi connectivity index (χ4v) is 4.59. The molecule has 6 heteroatoms. The van der Waals surface area contributed by atoms with Gasteiger partial charge in [-0.3, -0.25) is 14.6 Å². The number of aromatic nitrogens is 1. The SMILES string of the molecule is COC(=O)[C@H](Cc1cccc(C#N)c1)C(C)PC(=O)c1ccc(-c2ccncc2)cc1. The maximum absolute atomic E-state index is 12.9. The van der Waals surface area contributed by atoms with E-state index in [9.17, 15) is 9.59 Å². The molecule has 0 radical (unpaired) electrons. The van der Waals surface area contributed by atoms with Crippen LogP contribution in [0.25, 0.3) is 11.1 Å². The second kappa shape index (κ2) is 10.6. The van der Waals surface area contributed by atoms with Gasteiger partial charge in [0.25, 0.3) is 0 Å². The molecule has 2 aromatic carbocycles. The summed E-state index contributed by atoms with van der Waals surface area (Å²) in [6, 6.07) is 20.6. The van der Waals surface area contributed by atoms with Gasteiger partial charge >= 0.3 is 5.97 Å². The van der Waals surface area contributed by atoms with Crippen LogP contribution in [0.15, 0.2) is 73.1 Å². The summed E-state index contributed by atoms with van der Waals surface area (Å²) in [6.45, 7) is 1.90. The van der Waals surface area contributed by atoms with E-state index < -0.39 is 5.92 Å². The summed E-state index contributed by atoms with van der Waals surface area (Å²) >= 11 is 0. The fourth-order valence-electron chi connectivity index (χ4n) is 3.39. The topological polar surface area (TPSA) is 80.0 Å². The Labute approximate surface area is 183 Å². The van der Waals surface area contributed by atoms with Crippen molar-refractivity contribution < 1.29 is 14.3 Å². The second-order valence-electron chi connectivity index (χ2n) is 7.22. The number of ether oxygens (including phenoxy) is 1. The molecule has 0 aliphatic rings. The van der Waals surface area contributed by atoms with Crippen molar-refractivity contribution in [2.24, 2.45) is 5.92 Å². The zero-order valence-electron chi connectivity index (χ0n) is 17.4. The average molecular weight is 430 g/mol. The molecule has 0 fully saturated rings. The molecular formula is C25H23N2O3P. The normalized spacial score (nSPS) is 12.8. The highest BCUT2D eigenvalue weighted by molar-refractivity contribution is 7.59. The molecule has 2 unspecified atom stereocenters. The standard InChI is InChI=1S/C25H23N2O3P/c1-17(23(24(28)30-2)15-18-4-3-5-19(14-18)16-26)31-25(29)22-8-6-20(7-9-22)21-10-12-27-13-11-21/h3-14,17,23,31H,15H2,1-2H3/t17?,23-/m1/s1. The molecule has 0 aliphatic carbocycles. The quantitative estimate of drug-likeness (QED) is 0.377. The van der Waals surface area contributed by atoms with E-state index in [4.69, 9.17) is 10.00 Å². The van der Waals surface area contributed by atoms with E-state index in [0.717, 1.165) is 16.7 Å². The van der Waals surface area contributed by atoms with Crippen molar-refractivity contribution in [1.29, 1.82) is 5.26 Å². The zero-order chi connectivity index (χ0) is 22.2. The summed E-state index contributed by atoms with van der Waals surface area (Å²) in [7, 11) is 1.29. The van der Waals surface area contributed by atoms with Crippen LogP contribution in [0.4, 0.5) is 0 Å². The summed E-state index contributed by atoms with van der Waals surface area (Å²) in [5.74, 6) is -0.805. The highest BCUT2D eigenvalue weighted by atomic mass is 31.1. The van der Waals surface area contributed by atoms with Crippen molar-refractivity contribution in [3.05, 3.63) is 89.7 Å². The average Bonchev–Trinajstić information content (AvgIpc) is 2.82. The Kier molecular flexibility index (Phi) is 7.65. The molecule has 3 rings (SSSR count). The minimum Gasteiger partial charge on any atom is -0.469 e. The number of carbonyl (C=O) groups is 2. The monoisotopic (exact) mass is 430 g/mol. The van der Waals surface area contributed by atoms with E-state index in [1.807, 2.05) is 49.4 Å². The summed E-state index contributed by atoms with van der Waals surface area (Å²) in [5.41, 5.74) is 3.91.